The van der Waals surface area contributed by atoms with Crippen molar-refractivity contribution in [1.29, 1.82) is 5.26 Å². The number of nitrogens with zero attached hydrogens (tertiary/aromatic N) is 1. The van der Waals surface area contributed by atoms with Crippen LogP contribution in [0.25, 0.3) is 0 Å². The molecule has 1 aromatic rings. The molecule has 0 saturated heterocycles. The number of Topliss-reactive ketones (excluding diaryl/α,β-unsaturated/α-hetero) is 1. The summed E-state index contributed by atoms with van der Waals surface area (Å²) >= 11 is 5.57. The van der Waals surface area contributed by atoms with E-state index >= 15 is 0 Å². The van der Waals surface area contributed by atoms with E-state index in [1.54, 1.807) is 24.3 Å². The third kappa shape index (κ3) is 5.01. The first kappa shape index (κ1) is 13.7. The Bertz CT molecular complexity index is 392. The Hall–Kier alpha value is -1.33. The van der Waals surface area contributed by atoms with Crippen LogP contribution in [0.5, 0.6) is 0 Å². The normalized spacial score (nSPS) is 9.88. The first-order chi connectivity index (χ1) is 8.27. The van der Waals surface area contributed by atoms with Gasteiger partial charge in [0.25, 0.3) is 0 Å². The van der Waals surface area contributed by atoms with Crippen LogP contribution in [0, 0.1) is 11.3 Å². The van der Waals surface area contributed by atoms with Gasteiger partial charge in [-0.15, -0.1) is 11.6 Å². The number of carbonyl (C=O) groups excluding carboxylic acids is 1. The molecule has 0 aliphatic heterocycles. The molecule has 17 heavy (non-hydrogen) atoms. The monoisotopic (exact) mass is 249 g/mol. The van der Waals surface area contributed by atoms with Gasteiger partial charge in [-0.2, -0.15) is 5.26 Å². The SMILES string of the molecule is N#Cc1ccc(C(=O)CCCCCCCl)cc1. The summed E-state index contributed by atoms with van der Waals surface area (Å²) in [6.07, 6.45) is 4.65. The van der Waals surface area contributed by atoms with Crippen molar-refractivity contribution in [2.75, 3.05) is 5.88 Å². The second-order valence-corrected chi connectivity index (χ2v) is 4.34. The Morgan fingerprint density at radius 3 is 2.35 bits per heavy atom. The largest absolute Gasteiger partial charge is 0.294 e. The van der Waals surface area contributed by atoms with E-state index in [9.17, 15) is 4.79 Å². The summed E-state index contributed by atoms with van der Waals surface area (Å²) in [5, 5.41) is 8.65. The summed E-state index contributed by atoms with van der Waals surface area (Å²) in [7, 11) is 0. The summed E-state index contributed by atoms with van der Waals surface area (Å²) in [5.41, 5.74) is 1.28. The van der Waals surface area contributed by atoms with Crippen LogP contribution in [0.15, 0.2) is 24.3 Å². The van der Waals surface area contributed by atoms with Gasteiger partial charge in [0.15, 0.2) is 5.78 Å². The maximum absolute atomic E-state index is 11.8. The maximum Gasteiger partial charge on any atom is 0.162 e. The average Bonchev–Trinajstić information content (AvgIpc) is 2.38. The number of unbranched alkanes of at least 4 members (excludes halogenated alkanes) is 3. The van der Waals surface area contributed by atoms with E-state index in [0.717, 1.165) is 25.7 Å². The number of nitriles is 1. The highest BCUT2D eigenvalue weighted by Gasteiger charge is 2.05. The minimum Gasteiger partial charge on any atom is -0.294 e. The molecule has 90 valence electrons. The summed E-state index contributed by atoms with van der Waals surface area (Å²) in [5.74, 6) is 0.851. The highest BCUT2D eigenvalue weighted by atomic mass is 35.5. The second-order valence-electron chi connectivity index (χ2n) is 3.97. The van der Waals surface area contributed by atoms with Crippen molar-refractivity contribution in [3.05, 3.63) is 35.4 Å². The molecule has 0 spiro atoms. The van der Waals surface area contributed by atoms with Crippen molar-refractivity contribution in [3.63, 3.8) is 0 Å². The van der Waals surface area contributed by atoms with Crippen LogP contribution in [0.2, 0.25) is 0 Å². The average molecular weight is 250 g/mol. The predicted octanol–water partition coefficient (Wildman–Crippen LogP) is 3.93. The summed E-state index contributed by atoms with van der Waals surface area (Å²) < 4.78 is 0. The van der Waals surface area contributed by atoms with Crippen LogP contribution in [-0.4, -0.2) is 11.7 Å². The van der Waals surface area contributed by atoms with E-state index in [2.05, 4.69) is 0 Å². The van der Waals surface area contributed by atoms with Crippen LogP contribution >= 0.6 is 11.6 Å². The zero-order valence-corrected chi connectivity index (χ0v) is 10.5. The molecular formula is C14H16ClNO. The zero-order valence-electron chi connectivity index (χ0n) is 9.79. The molecule has 0 aromatic heterocycles. The molecule has 1 rings (SSSR count). The van der Waals surface area contributed by atoms with Gasteiger partial charge < -0.3 is 0 Å². The Balaban J connectivity index is 2.34. The van der Waals surface area contributed by atoms with Crippen molar-refractivity contribution < 1.29 is 4.79 Å². The first-order valence-corrected chi connectivity index (χ1v) is 6.40. The molecule has 0 radical (unpaired) electrons. The van der Waals surface area contributed by atoms with Gasteiger partial charge in [-0.1, -0.05) is 25.0 Å². The highest BCUT2D eigenvalue weighted by molar-refractivity contribution is 6.17. The molecule has 0 amide bonds. The molecule has 1 aromatic carbocycles. The second kappa shape index (κ2) is 7.86. The van der Waals surface area contributed by atoms with E-state index in [1.807, 2.05) is 6.07 Å². The molecule has 2 nitrogen and oxygen atoms in total. The number of alkyl halides is 1. The Kier molecular flexibility index (Phi) is 6.35. The van der Waals surface area contributed by atoms with Crippen LogP contribution < -0.4 is 0 Å². The molecule has 0 saturated carbocycles. The Morgan fingerprint density at radius 2 is 1.76 bits per heavy atom. The van der Waals surface area contributed by atoms with Gasteiger partial charge in [0.2, 0.25) is 0 Å². The van der Waals surface area contributed by atoms with Crippen LogP contribution in [0.1, 0.15) is 48.0 Å². The number of rotatable bonds is 7. The van der Waals surface area contributed by atoms with Gasteiger partial charge in [0.1, 0.15) is 0 Å². The number of hydrogen-bond acceptors (Lipinski definition) is 2. The minimum absolute atomic E-state index is 0.153. The third-order valence-corrected chi connectivity index (χ3v) is 2.89. The topological polar surface area (TPSA) is 40.9 Å². The van der Waals surface area contributed by atoms with Crippen molar-refractivity contribution >= 4 is 17.4 Å². The first-order valence-electron chi connectivity index (χ1n) is 5.87. The Morgan fingerprint density at radius 1 is 1.12 bits per heavy atom. The summed E-state index contributed by atoms with van der Waals surface area (Å²) in [6, 6.07) is 8.84. The van der Waals surface area contributed by atoms with Crippen LogP contribution in [0.4, 0.5) is 0 Å². The van der Waals surface area contributed by atoms with Gasteiger partial charge in [0, 0.05) is 17.9 Å². The molecule has 0 aliphatic rings. The number of halogens is 1. The zero-order chi connectivity index (χ0) is 12.5. The predicted molar refractivity (Wildman–Crippen MR) is 69.3 cm³/mol. The van der Waals surface area contributed by atoms with E-state index < -0.39 is 0 Å². The van der Waals surface area contributed by atoms with Crippen molar-refractivity contribution in [1.82, 2.24) is 0 Å². The van der Waals surface area contributed by atoms with Gasteiger partial charge in [-0.3, -0.25) is 4.79 Å². The lowest BCUT2D eigenvalue weighted by Crippen LogP contribution is -1.98. The van der Waals surface area contributed by atoms with Crippen molar-refractivity contribution in [2.45, 2.75) is 32.1 Å². The fourth-order valence-electron chi connectivity index (χ4n) is 1.61. The van der Waals surface area contributed by atoms with E-state index in [-0.39, 0.29) is 5.78 Å². The molecule has 0 bridgehead atoms. The molecule has 0 fully saturated rings. The molecule has 0 unspecified atom stereocenters. The summed E-state index contributed by atoms with van der Waals surface area (Å²) in [4.78, 5) is 11.8. The standard InChI is InChI=1S/C14H16ClNO/c15-10-4-2-1-3-5-14(17)13-8-6-12(11-16)7-9-13/h6-9H,1-5,10H2. The van der Waals surface area contributed by atoms with E-state index in [1.165, 1.54) is 0 Å². The molecule has 3 heteroatoms. The van der Waals surface area contributed by atoms with Crippen molar-refractivity contribution in [3.8, 4) is 6.07 Å². The molecule has 0 aliphatic carbocycles. The maximum atomic E-state index is 11.8. The van der Waals surface area contributed by atoms with Gasteiger partial charge in [-0.25, -0.2) is 0 Å². The van der Waals surface area contributed by atoms with Gasteiger partial charge in [-0.05, 0) is 25.0 Å². The third-order valence-electron chi connectivity index (χ3n) is 2.62. The summed E-state index contributed by atoms with van der Waals surface area (Å²) in [6.45, 7) is 0. The smallest absolute Gasteiger partial charge is 0.162 e. The lowest BCUT2D eigenvalue weighted by molar-refractivity contribution is 0.0979. The molecule has 0 atom stereocenters. The van der Waals surface area contributed by atoms with E-state index in [4.69, 9.17) is 16.9 Å². The van der Waals surface area contributed by atoms with Gasteiger partial charge in [0.05, 0.1) is 11.6 Å². The number of ketones is 1. The number of carbonyl (C=O) groups is 1. The lowest BCUT2D eigenvalue weighted by atomic mass is 10.0. The number of benzene rings is 1. The van der Waals surface area contributed by atoms with Gasteiger partial charge >= 0.3 is 0 Å². The quantitative estimate of drug-likeness (QED) is 0.417. The van der Waals surface area contributed by atoms with Crippen LogP contribution in [-0.2, 0) is 0 Å². The molecular weight excluding hydrogens is 234 g/mol. The fraction of sp³-hybridized carbons (Fsp3) is 0.429. The van der Waals surface area contributed by atoms with E-state index in [0.29, 0.717) is 23.4 Å². The van der Waals surface area contributed by atoms with Crippen molar-refractivity contribution in [2.24, 2.45) is 0 Å². The number of hydrogen-bond donors (Lipinski definition) is 0. The van der Waals surface area contributed by atoms with Crippen LogP contribution in [0.3, 0.4) is 0 Å². The minimum atomic E-state index is 0.153. The fourth-order valence-corrected chi connectivity index (χ4v) is 1.80. The Labute approximate surface area is 107 Å². The lowest BCUT2D eigenvalue weighted by Gasteiger charge is -2.01. The molecule has 0 N–H and O–H groups in total. The molecule has 0 heterocycles. The highest BCUT2D eigenvalue weighted by Crippen LogP contribution is 2.10.